The number of benzene rings is 2. The van der Waals surface area contributed by atoms with Crippen molar-refractivity contribution in [1.82, 2.24) is 14.9 Å². The van der Waals surface area contributed by atoms with Gasteiger partial charge < -0.3 is 10.0 Å². The summed E-state index contributed by atoms with van der Waals surface area (Å²) in [7, 11) is 0. The number of non-ortho nitro benzene ring substituents is 1. The van der Waals surface area contributed by atoms with E-state index < -0.39 is 0 Å². The molecule has 1 saturated heterocycles. The van der Waals surface area contributed by atoms with Crippen LogP contribution < -0.4 is 4.90 Å². The van der Waals surface area contributed by atoms with Crippen molar-refractivity contribution in [3.63, 3.8) is 0 Å². The van der Waals surface area contributed by atoms with Crippen LogP contribution in [0.25, 0.3) is 11.4 Å². The Hall–Kier alpha value is -3.36. The number of nitrogens with zero attached hydrogens (tertiary/aromatic N) is 5. The van der Waals surface area contributed by atoms with Crippen LogP contribution >= 0.6 is 0 Å². The van der Waals surface area contributed by atoms with E-state index in [1.165, 1.54) is 0 Å². The number of aryl methyl sites for hydroxylation is 1. The highest BCUT2D eigenvalue weighted by atomic mass is 16.6. The van der Waals surface area contributed by atoms with Crippen LogP contribution in [0.15, 0.2) is 54.6 Å². The molecule has 0 saturated carbocycles. The summed E-state index contributed by atoms with van der Waals surface area (Å²) in [5.41, 5.74) is 3.97. The van der Waals surface area contributed by atoms with Crippen molar-refractivity contribution in [3.8, 4) is 11.4 Å². The second kappa shape index (κ2) is 10.1. The Labute approximate surface area is 193 Å². The Bertz CT molecular complexity index is 1100. The SMILES string of the molecule is Cc1nc(-c2ccccc2)nc(N2CCN(CC(C)O)CC2)c1Cc1ccc([N+](=O)[O-])cc1. The topological polar surface area (TPSA) is 95.6 Å². The zero-order valence-electron chi connectivity index (χ0n) is 19.0. The van der Waals surface area contributed by atoms with Crippen LogP contribution in [-0.4, -0.2) is 63.7 Å². The number of β-amino-alcohol motifs (C(OH)–C–C–N with tert-alkyl or cyclic N) is 1. The number of piperazine rings is 1. The molecule has 0 bridgehead atoms. The van der Waals surface area contributed by atoms with Gasteiger partial charge in [-0.25, -0.2) is 9.97 Å². The van der Waals surface area contributed by atoms with Crippen LogP contribution in [0.3, 0.4) is 0 Å². The van der Waals surface area contributed by atoms with E-state index in [9.17, 15) is 15.2 Å². The molecule has 0 amide bonds. The van der Waals surface area contributed by atoms with Crippen LogP contribution in [0.5, 0.6) is 0 Å². The number of rotatable bonds is 7. The molecule has 0 aliphatic carbocycles. The maximum absolute atomic E-state index is 11.0. The number of nitro groups is 1. The molecule has 1 aliphatic rings. The first-order valence-electron chi connectivity index (χ1n) is 11.2. The van der Waals surface area contributed by atoms with Gasteiger partial charge in [0.2, 0.25) is 0 Å². The predicted molar refractivity (Wildman–Crippen MR) is 128 cm³/mol. The lowest BCUT2D eigenvalue weighted by Gasteiger charge is -2.37. The lowest BCUT2D eigenvalue weighted by atomic mass is 10.0. The van der Waals surface area contributed by atoms with Gasteiger partial charge in [0.1, 0.15) is 5.82 Å². The molecular formula is C25H29N5O3. The van der Waals surface area contributed by atoms with E-state index in [2.05, 4.69) is 9.80 Å². The smallest absolute Gasteiger partial charge is 0.269 e. The molecule has 1 aliphatic heterocycles. The van der Waals surface area contributed by atoms with Gasteiger partial charge in [0.15, 0.2) is 5.82 Å². The molecule has 1 fully saturated rings. The van der Waals surface area contributed by atoms with E-state index in [-0.39, 0.29) is 16.7 Å². The summed E-state index contributed by atoms with van der Waals surface area (Å²) >= 11 is 0. The van der Waals surface area contributed by atoms with Crippen molar-refractivity contribution in [1.29, 1.82) is 0 Å². The lowest BCUT2D eigenvalue weighted by Crippen LogP contribution is -2.48. The molecule has 172 valence electrons. The van der Waals surface area contributed by atoms with Crippen LogP contribution in [0, 0.1) is 17.0 Å². The molecule has 0 radical (unpaired) electrons. The fraction of sp³-hybridized carbons (Fsp3) is 0.360. The summed E-state index contributed by atoms with van der Waals surface area (Å²) in [6.07, 6.45) is 0.252. The number of aliphatic hydroxyl groups is 1. The minimum Gasteiger partial charge on any atom is -0.392 e. The number of hydrogen-bond donors (Lipinski definition) is 1. The minimum atomic E-state index is -0.384. The standard InChI is InChI=1S/C25H29N5O3/c1-18(31)17-28-12-14-29(15-13-28)25-23(16-20-8-10-22(11-9-20)30(32)33)19(2)26-24(27-25)21-6-4-3-5-7-21/h3-11,18,31H,12-17H2,1-2H3. The Morgan fingerprint density at radius 2 is 1.70 bits per heavy atom. The number of aliphatic hydroxyl groups excluding tert-OH is 1. The lowest BCUT2D eigenvalue weighted by molar-refractivity contribution is -0.384. The van der Waals surface area contributed by atoms with E-state index in [0.29, 0.717) is 18.8 Å². The van der Waals surface area contributed by atoms with Crippen molar-refractivity contribution in [3.05, 3.63) is 81.5 Å². The molecule has 1 N–H and O–H groups in total. The molecule has 1 unspecified atom stereocenters. The molecule has 4 rings (SSSR count). The zero-order chi connectivity index (χ0) is 23.4. The minimum absolute atomic E-state index is 0.0839. The zero-order valence-corrected chi connectivity index (χ0v) is 19.0. The van der Waals surface area contributed by atoms with E-state index >= 15 is 0 Å². The maximum Gasteiger partial charge on any atom is 0.269 e. The van der Waals surface area contributed by atoms with Gasteiger partial charge in [0.05, 0.1) is 11.0 Å². The Morgan fingerprint density at radius 1 is 1.03 bits per heavy atom. The molecule has 1 aromatic heterocycles. The summed E-state index contributed by atoms with van der Waals surface area (Å²) in [6.45, 7) is 7.81. The van der Waals surface area contributed by atoms with E-state index in [1.807, 2.05) is 44.2 Å². The fourth-order valence-electron chi connectivity index (χ4n) is 4.22. The third-order valence-corrected chi connectivity index (χ3v) is 5.95. The highest BCUT2D eigenvalue weighted by Crippen LogP contribution is 2.28. The quantitative estimate of drug-likeness (QED) is 0.438. The van der Waals surface area contributed by atoms with Crippen LogP contribution in [0.2, 0.25) is 0 Å². The van der Waals surface area contributed by atoms with Gasteiger partial charge in [0, 0.05) is 68.1 Å². The maximum atomic E-state index is 11.0. The van der Waals surface area contributed by atoms with Crippen molar-refractivity contribution in [2.75, 3.05) is 37.6 Å². The summed E-state index contributed by atoms with van der Waals surface area (Å²) < 4.78 is 0. The number of hydrogen-bond acceptors (Lipinski definition) is 7. The Morgan fingerprint density at radius 3 is 2.30 bits per heavy atom. The van der Waals surface area contributed by atoms with Gasteiger partial charge in [0.25, 0.3) is 5.69 Å². The molecule has 1 atom stereocenters. The summed E-state index contributed by atoms with van der Waals surface area (Å²) in [4.78, 5) is 25.0. The van der Waals surface area contributed by atoms with E-state index in [1.54, 1.807) is 24.3 Å². The van der Waals surface area contributed by atoms with Crippen LogP contribution in [0.1, 0.15) is 23.7 Å². The van der Waals surface area contributed by atoms with Gasteiger partial charge in [-0.3, -0.25) is 15.0 Å². The third-order valence-electron chi connectivity index (χ3n) is 5.95. The highest BCUT2D eigenvalue weighted by molar-refractivity contribution is 5.61. The largest absolute Gasteiger partial charge is 0.392 e. The molecule has 2 aromatic carbocycles. The van der Waals surface area contributed by atoms with Crippen LogP contribution in [-0.2, 0) is 6.42 Å². The summed E-state index contributed by atoms with van der Waals surface area (Å²) in [5.74, 6) is 1.61. The van der Waals surface area contributed by atoms with Gasteiger partial charge in [-0.2, -0.15) is 0 Å². The second-order valence-electron chi connectivity index (χ2n) is 8.54. The van der Waals surface area contributed by atoms with Crippen molar-refractivity contribution >= 4 is 11.5 Å². The third kappa shape index (κ3) is 5.53. The number of aromatic nitrogens is 2. The van der Waals surface area contributed by atoms with Gasteiger partial charge in [-0.05, 0) is 19.4 Å². The Kier molecular flexibility index (Phi) is 6.96. The molecule has 0 spiro atoms. The average molecular weight is 448 g/mol. The van der Waals surface area contributed by atoms with Gasteiger partial charge in [-0.1, -0.05) is 42.5 Å². The molecule has 2 heterocycles. The van der Waals surface area contributed by atoms with Crippen molar-refractivity contribution in [2.45, 2.75) is 26.4 Å². The predicted octanol–water partition coefficient (Wildman–Crippen LogP) is 3.45. The number of anilines is 1. The summed E-state index contributed by atoms with van der Waals surface area (Å²) in [5, 5.41) is 20.7. The first-order chi connectivity index (χ1) is 15.9. The fourth-order valence-corrected chi connectivity index (χ4v) is 4.22. The van der Waals surface area contributed by atoms with Gasteiger partial charge >= 0.3 is 0 Å². The van der Waals surface area contributed by atoms with Crippen LogP contribution in [0.4, 0.5) is 11.5 Å². The monoisotopic (exact) mass is 447 g/mol. The molecule has 33 heavy (non-hydrogen) atoms. The van der Waals surface area contributed by atoms with Gasteiger partial charge in [-0.15, -0.1) is 0 Å². The normalized spacial score (nSPS) is 15.4. The molecule has 8 nitrogen and oxygen atoms in total. The molecule has 8 heteroatoms. The average Bonchev–Trinajstić information content (AvgIpc) is 2.81. The first kappa shape index (κ1) is 22.8. The summed E-state index contributed by atoms with van der Waals surface area (Å²) in [6, 6.07) is 16.6. The van der Waals surface area contributed by atoms with E-state index in [4.69, 9.17) is 9.97 Å². The van der Waals surface area contributed by atoms with E-state index in [0.717, 1.165) is 54.4 Å². The second-order valence-corrected chi connectivity index (χ2v) is 8.54. The number of nitro benzene ring substituents is 1. The Balaban J connectivity index is 1.67. The van der Waals surface area contributed by atoms with Crippen molar-refractivity contribution < 1.29 is 10.0 Å². The first-order valence-corrected chi connectivity index (χ1v) is 11.2. The highest BCUT2D eigenvalue weighted by Gasteiger charge is 2.24. The molecule has 3 aromatic rings. The molecular weight excluding hydrogens is 418 g/mol. The van der Waals surface area contributed by atoms with Crippen molar-refractivity contribution in [2.24, 2.45) is 0 Å².